The summed E-state index contributed by atoms with van der Waals surface area (Å²) < 4.78 is 0. The first kappa shape index (κ1) is 15.9. The summed E-state index contributed by atoms with van der Waals surface area (Å²) in [5.74, 6) is 0.0301. The second-order valence-electron chi connectivity index (χ2n) is 5.85. The SMILES string of the molecule is CN(C)C(=O)c1cccc(C2CN(CCO)CCN2C)c1. The molecule has 1 atom stereocenters. The summed E-state index contributed by atoms with van der Waals surface area (Å²) in [5, 5.41) is 9.11. The van der Waals surface area contributed by atoms with Crippen molar-refractivity contribution in [1.29, 1.82) is 0 Å². The number of aliphatic hydroxyl groups excluding tert-OH is 1. The van der Waals surface area contributed by atoms with Crippen molar-refractivity contribution in [3.05, 3.63) is 35.4 Å². The van der Waals surface area contributed by atoms with Gasteiger partial charge < -0.3 is 10.0 Å². The second kappa shape index (κ2) is 7.02. The molecule has 0 saturated carbocycles. The van der Waals surface area contributed by atoms with Crippen LogP contribution in [0.15, 0.2) is 24.3 Å². The van der Waals surface area contributed by atoms with E-state index in [0.29, 0.717) is 6.54 Å². The van der Waals surface area contributed by atoms with Gasteiger partial charge in [-0.15, -0.1) is 0 Å². The number of hydrogen-bond donors (Lipinski definition) is 1. The third kappa shape index (κ3) is 3.81. The van der Waals surface area contributed by atoms with Crippen LogP contribution in [0.4, 0.5) is 0 Å². The van der Waals surface area contributed by atoms with E-state index in [1.165, 1.54) is 0 Å². The van der Waals surface area contributed by atoms with Crippen LogP contribution in [0.25, 0.3) is 0 Å². The zero-order valence-corrected chi connectivity index (χ0v) is 13.1. The molecule has 1 N–H and O–H groups in total. The molecule has 1 aromatic carbocycles. The van der Waals surface area contributed by atoms with Gasteiger partial charge in [0.25, 0.3) is 5.91 Å². The van der Waals surface area contributed by atoms with Crippen LogP contribution in [0.3, 0.4) is 0 Å². The van der Waals surface area contributed by atoms with Crippen molar-refractivity contribution in [3.8, 4) is 0 Å². The Balaban J connectivity index is 2.19. The minimum Gasteiger partial charge on any atom is -0.395 e. The fourth-order valence-corrected chi connectivity index (χ4v) is 2.77. The number of β-amino-alcohol motifs (C(OH)–C–C–N with tert-alkyl or cyclic N) is 1. The van der Waals surface area contributed by atoms with Crippen LogP contribution >= 0.6 is 0 Å². The van der Waals surface area contributed by atoms with Gasteiger partial charge in [-0.25, -0.2) is 0 Å². The number of aliphatic hydroxyl groups is 1. The predicted molar refractivity (Wildman–Crippen MR) is 83.4 cm³/mol. The molecule has 1 aliphatic heterocycles. The van der Waals surface area contributed by atoms with Gasteiger partial charge in [-0.3, -0.25) is 14.6 Å². The van der Waals surface area contributed by atoms with Crippen molar-refractivity contribution in [2.75, 3.05) is 53.9 Å². The first-order chi connectivity index (χ1) is 10.0. The van der Waals surface area contributed by atoms with Crippen molar-refractivity contribution in [1.82, 2.24) is 14.7 Å². The zero-order valence-electron chi connectivity index (χ0n) is 13.1. The van der Waals surface area contributed by atoms with Crippen LogP contribution in [0, 0.1) is 0 Å². The fourth-order valence-electron chi connectivity index (χ4n) is 2.77. The highest BCUT2D eigenvalue weighted by Gasteiger charge is 2.25. The highest BCUT2D eigenvalue weighted by Crippen LogP contribution is 2.24. The van der Waals surface area contributed by atoms with Gasteiger partial charge in [0.2, 0.25) is 0 Å². The Morgan fingerprint density at radius 1 is 1.38 bits per heavy atom. The van der Waals surface area contributed by atoms with E-state index in [9.17, 15) is 4.79 Å². The number of carbonyl (C=O) groups excluding carboxylic acids is 1. The smallest absolute Gasteiger partial charge is 0.253 e. The van der Waals surface area contributed by atoms with Crippen molar-refractivity contribution in [3.63, 3.8) is 0 Å². The van der Waals surface area contributed by atoms with Crippen molar-refractivity contribution < 1.29 is 9.90 Å². The molecule has 1 aliphatic rings. The van der Waals surface area contributed by atoms with Crippen LogP contribution in [0.1, 0.15) is 22.0 Å². The highest BCUT2D eigenvalue weighted by molar-refractivity contribution is 5.94. The van der Waals surface area contributed by atoms with Gasteiger partial charge in [0, 0.05) is 51.9 Å². The maximum absolute atomic E-state index is 12.1. The molecule has 1 saturated heterocycles. The zero-order chi connectivity index (χ0) is 15.4. The fraction of sp³-hybridized carbons (Fsp3) is 0.562. The summed E-state index contributed by atoms with van der Waals surface area (Å²) in [4.78, 5) is 18.3. The second-order valence-corrected chi connectivity index (χ2v) is 5.85. The summed E-state index contributed by atoms with van der Waals surface area (Å²) in [7, 11) is 5.65. The molecule has 1 fully saturated rings. The third-order valence-electron chi connectivity index (χ3n) is 4.07. The number of benzene rings is 1. The standard InChI is InChI=1S/C16H25N3O2/c1-17(2)16(21)14-6-4-5-13(11-14)15-12-19(9-10-20)8-7-18(15)3/h4-6,11,15,20H,7-10,12H2,1-3H3. The number of piperazine rings is 1. The Bertz CT molecular complexity index is 490. The molecule has 0 aromatic heterocycles. The predicted octanol–water partition coefficient (Wildman–Crippen LogP) is 0.669. The maximum Gasteiger partial charge on any atom is 0.253 e. The Labute approximate surface area is 126 Å². The van der Waals surface area contributed by atoms with Crippen molar-refractivity contribution >= 4 is 5.91 Å². The molecule has 1 aromatic rings. The Hall–Kier alpha value is -1.43. The maximum atomic E-state index is 12.1. The molecule has 5 heteroatoms. The molecular formula is C16H25N3O2. The molecule has 0 bridgehead atoms. The van der Waals surface area contributed by atoms with E-state index in [-0.39, 0.29) is 18.6 Å². The molecule has 21 heavy (non-hydrogen) atoms. The van der Waals surface area contributed by atoms with Crippen LogP contribution in [-0.2, 0) is 0 Å². The molecular weight excluding hydrogens is 266 g/mol. The minimum absolute atomic E-state index is 0.0301. The summed E-state index contributed by atoms with van der Waals surface area (Å²) in [6, 6.07) is 8.15. The topological polar surface area (TPSA) is 47.0 Å². The molecule has 1 amide bonds. The van der Waals surface area contributed by atoms with Gasteiger partial charge >= 0.3 is 0 Å². The van der Waals surface area contributed by atoms with E-state index < -0.39 is 0 Å². The Morgan fingerprint density at radius 2 is 2.14 bits per heavy atom. The van der Waals surface area contributed by atoms with Crippen LogP contribution in [0.5, 0.6) is 0 Å². The van der Waals surface area contributed by atoms with E-state index in [0.717, 1.165) is 30.8 Å². The molecule has 1 unspecified atom stereocenters. The number of amides is 1. The Morgan fingerprint density at radius 3 is 2.81 bits per heavy atom. The largest absolute Gasteiger partial charge is 0.395 e. The highest BCUT2D eigenvalue weighted by atomic mass is 16.3. The van der Waals surface area contributed by atoms with Crippen LogP contribution in [-0.4, -0.2) is 79.6 Å². The van der Waals surface area contributed by atoms with Gasteiger partial charge in [0.15, 0.2) is 0 Å². The van der Waals surface area contributed by atoms with E-state index in [4.69, 9.17) is 5.11 Å². The van der Waals surface area contributed by atoms with E-state index in [1.54, 1.807) is 19.0 Å². The molecule has 116 valence electrons. The van der Waals surface area contributed by atoms with Gasteiger partial charge in [-0.2, -0.15) is 0 Å². The lowest BCUT2D eigenvalue weighted by molar-refractivity contribution is 0.0802. The lowest BCUT2D eigenvalue weighted by Crippen LogP contribution is -2.47. The molecule has 0 radical (unpaired) electrons. The number of carbonyl (C=O) groups is 1. The Kier molecular flexibility index (Phi) is 5.33. The number of rotatable bonds is 4. The summed E-state index contributed by atoms with van der Waals surface area (Å²) >= 11 is 0. The molecule has 1 heterocycles. The number of hydrogen-bond acceptors (Lipinski definition) is 4. The van der Waals surface area contributed by atoms with Crippen molar-refractivity contribution in [2.24, 2.45) is 0 Å². The quantitative estimate of drug-likeness (QED) is 0.886. The monoisotopic (exact) mass is 291 g/mol. The van der Waals surface area contributed by atoms with E-state index in [1.807, 2.05) is 18.2 Å². The van der Waals surface area contributed by atoms with Crippen LogP contribution < -0.4 is 0 Å². The normalized spacial score (nSPS) is 20.5. The van der Waals surface area contributed by atoms with E-state index >= 15 is 0 Å². The van der Waals surface area contributed by atoms with E-state index in [2.05, 4.69) is 22.9 Å². The van der Waals surface area contributed by atoms with Crippen LogP contribution in [0.2, 0.25) is 0 Å². The number of nitrogens with zero attached hydrogens (tertiary/aromatic N) is 3. The van der Waals surface area contributed by atoms with Gasteiger partial charge in [-0.05, 0) is 24.7 Å². The summed E-state index contributed by atoms with van der Waals surface area (Å²) in [5.41, 5.74) is 1.89. The lowest BCUT2D eigenvalue weighted by atomic mass is 10.00. The average Bonchev–Trinajstić information content (AvgIpc) is 2.48. The summed E-state index contributed by atoms with van der Waals surface area (Å²) in [6.45, 7) is 3.73. The molecule has 2 rings (SSSR count). The third-order valence-corrected chi connectivity index (χ3v) is 4.07. The lowest BCUT2D eigenvalue weighted by Gasteiger charge is -2.39. The van der Waals surface area contributed by atoms with Gasteiger partial charge in [0.05, 0.1) is 6.61 Å². The van der Waals surface area contributed by atoms with Crippen molar-refractivity contribution in [2.45, 2.75) is 6.04 Å². The molecule has 0 aliphatic carbocycles. The summed E-state index contributed by atoms with van der Waals surface area (Å²) in [6.07, 6.45) is 0. The molecule has 0 spiro atoms. The first-order valence-corrected chi connectivity index (χ1v) is 7.38. The average molecular weight is 291 g/mol. The first-order valence-electron chi connectivity index (χ1n) is 7.38. The number of likely N-dealkylation sites (N-methyl/N-ethyl adjacent to an activating group) is 1. The minimum atomic E-state index is 0.0301. The van der Waals surface area contributed by atoms with Gasteiger partial charge in [-0.1, -0.05) is 12.1 Å². The van der Waals surface area contributed by atoms with Gasteiger partial charge in [0.1, 0.15) is 0 Å². The molecule has 5 nitrogen and oxygen atoms in total.